The van der Waals surface area contributed by atoms with Crippen LogP contribution in [0.15, 0.2) is 0 Å². The van der Waals surface area contributed by atoms with Gasteiger partial charge in [0.1, 0.15) is 5.60 Å². The Morgan fingerprint density at radius 3 is 2.67 bits per heavy atom. The van der Waals surface area contributed by atoms with Crippen molar-refractivity contribution in [1.82, 2.24) is 4.98 Å². The maximum atomic E-state index is 11.8. The van der Waals surface area contributed by atoms with Gasteiger partial charge in [0, 0.05) is 5.56 Å². The van der Waals surface area contributed by atoms with E-state index in [2.05, 4.69) is 16.8 Å². The number of hydrogen-bond donors (Lipinski definition) is 2. The van der Waals surface area contributed by atoms with Gasteiger partial charge in [-0.1, -0.05) is 12.8 Å². The summed E-state index contributed by atoms with van der Waals surface area (Å²) in [6.45, 7) is 1.87. The molecule has 1 saturated carbocycles. The highest BCUT2D eigenvalue weighted by molar-refractivity contribution is 5.99. The van der Waals surface area contributed by atoms with Crippen LogP contribution in [0.3, 0.4) is 0 Å². The van der Waals surface area contributed by atoms with E-state index in [0.717, 1.165) is 12.8 Å². The van der Waals surface area contributed by atoms with Gasteiger partial charge >= 0.3 is 5.97 Å². The van der Waals surface area contributed by atoms with Crippen LogP contribution in [0.1, 0.15) is 64.7 Å². The Morgan fingerprint density at radius 1 is 1.48 bits per heavy atom. The summed E-state index contributed by atoms with van der Waals surface area (Å²) in [5, 5.41) is 10.3. The lowest BCUT2D eigenvalue weighted by Crippen LogP contribution is -2.20. The van der Waals surface area contributed by atoms with Gasteiger partial charge in [-0.25, -0.2) is 4.79 Å². The van der Waals surface area contributed by atoms with E-state index in [4.69, 9.17) is 4.74 Å². The Balaban J connectivity index is 2.45. The Hall–Kier alpha value is -2.06. The quantitative estimate of drug-likeness (QED) is 0.505. The number of aliphatic hydroxyl groups is 1. The molecule has 1 aliphatic carbocycles. The maximum Gasteiger partial charge on any atom is 0.340 e. The molecule has 1 aromatic rings. The molecule has 1 heterocycles. The second kappa shape index (κ2) is 6.15. The second-order valence-electron chi connectivity index (χ2n) is 5.22. The van der Waals surface area contributed by atoms with Crippen LogP contribution >= 0.6 is 0 Å². The standard InChI is InChI=1S/C16H19NO4/c1-3-11-12(6-9-16(20)7-4-5-8-16)17-13(10-18)14(11)15(19)21-2/h10,17,20H,3-5,7-8H2,1-2H3. The molecule has 0 saturated heterocycles. The largest absolute Gasteiger partial charge is 0.465 e. The summed E-state index contributed by atoms with van der Waals surface area (Å²) >= 11 is 0. The van der Waals surface area contributed by atoms with Crippen LogP contribution in [0.5, 0.6) is 0 Å². The molecule has 5 nitrogen and oxygen atoms in total. The summed E-state index contributed by atoms with van der Waals surface area (Å²) < 4.78 is 4.72. The van der Waals surface area contributed by atoms with Gasteiger partial charge in [-0.3, -0.25) is 4.79 Å². The van der Waals surface area contributed by atoms with Crippen molar-refractivity contribution >= 4 is 12.3 Å². The molecule has 2 rings (SSSR count). The van der Waals surface area contributed by atoms with Crippen molar-refractivity contribution in [3.63, 3.8) is 0 Å². The predicted octanol–water partition coefficient (Wildman–Crippen LogP) is 1.83. The summed E-state index contributed by atoms with van der Waals surface area (Å²) in [5.41, 5.74) is 0.598. The lowest BCUT2D eigenvalue weighted by Gasteiger charge is -2.12. The number of hydrogen-bond acceptors (Lipinski definition) is 4. The van der Waals surface area contributed by atoms with Gasteiger partial charge in [-0.2, -0.15) is 0 Å². The maximum absolute atomic E-state index is 11.8. The second-order valence-corrected chi connectivity index (χ2v) is 5.22. The number of rotatable bonds is 3. The van der Waals surface area contributed by atoms with Gasteiger partial charge in [-0.05, 0) is 38.0 Å². The van der Waals surface area contributed by atoms with Crippen molar-refractivity contribution in [3.05, 3.63) is 22.5 Å². The molecule has 0 bridgehead atoms. The number of ether oxygens (including phenoxy) is 1. The number of esters is 1. The molecular formula is C16H19NO4. The molecule has 1 aromatic heterocycles. The Bertz CT molecular complexity index is 612. The first-order valence-electron chi connectivity index (χ1n) is 7.08. The van der Waals surface area contributed by atoms with Crippen molar-refractivity contribution in [2.45, 2.75) is 44.6 Å². The van der Waals surface area contributed by atoms with Crippen LogP contribution in [0, 0.1) is 11.8 Å². The van der Waals surface area contributed by atoms with Crippen molar-refractivity contribution in [3.8, 4) is 11.8 Å². The molecule has 112 valence electrons. The smallest absolute Gasteiger partial charge is 0.340 e. The molecule has 0 spiro atoms. The summed E-state index contributed by atoms with van der Waals surface area (Å²) in [4.78, 5) is 25.8. The van der Waals surface area contributed by atoms with E-state index in [0.29, 0.717) is 36.8 Å². The van der Waals surface area contributed by atoms with E-state index in [1.54, 1.807) is 0 Å². The van der Waals surface area contributed by atoms with Crippen molar-refractivity contribution < 1.29 is 19.4 Å². The molecule has 2 N–H and O–H groups in total. The van der Waals surface area contributed by atoms with Gasteiger partial charge in [0.15, 0.2) is 6.29 Å². The summed E-state index contributed by atoms with van der Waals surface area (Å²) in [5.74, 6) is 5.22. The Kier molecular flexibility index (Phi) is 4.49. The minimum Gasteiger partial charge on any atom is -0.465 e. The molecular weight excluding hydrogens is 270 g/mol. The number of nitrogens with one attached hydrogen (secondary N) is 1. The summed E-state index contributed by atoms with van der Waals surface area (Å²) in [7, 11) is 1.27. The molecule has 21 heavy (non-hydrogen) atoms. The third-order valence-corrected chi connectivity index (χ3v) is 3.84. The summed E-state index contributed by atoms with van der Waals surface area (Å²) in [6.07, 6.45) is 4.37. The van der Waals surface area contributed by atoms with Crippen LogP contribution in [-0.2, 0) is 11.2 Å². The van der Waals surface area contributed by atoms with Crippen LogP contribution in [-0.4, -0.2) is 35.1 Å². The molecule has 0 radical (unpaired) electrons. The predicted molar refractivity (Wildman–Crippen MR) is 77.2 cm³/mol. The molecule has 0 unspecified atom stereocenters. The number of aromatic nitrogens is 1. The van der Waals surface area contributed by atoms with Crippen molar-refractivity contribution in [1.29, 1.82) is 0 Å². The Morgan fingerprint density at radius 2 is 2.14 bits per heavy atom. The highest BCUT2D eigenvalue weighted by Crippen LogP contribution is 2.29. The zero-order valence-corrected chi connectivity index (χ0v) is 12.3. The SMILES string of the molecule is CCc1c(C#CC2(O)CCCC2)[nH]c(C=O)c1C(=O)OC. The minimum atomic E-state index is -0.955. The van der Waals surface area contributed by atoms with Gasteiger partial charge in [0.05, 0.1) is 24.1 Å². The van der Waals surface area contributed by atoms with Gasteiger partial charge < -0.3 is 14.8 Å². The van der Waals surface area contributed by atoms with E-state index in [9.17, 15) is 14.7 Å². The lowest BCUT2D eigenvalue weighted by atomic mass is 10.0. The van der Waals surface area contributed by atoms with Crippen LogP contribution in [0.4, 0.5) is 0 Å². The van der Waals surface area contributed by atoms with E-state index in [1.807, 2.05) is 6.92 Å². The molecule has 0 aromatic carbocycles. The fourth-order valence-electron chi connectivity index (χ4n) is 2.71. The third-order valence-electron chi connectivity index (χ3n) is 3.84. The highest BCUT2D eigenvalue weighted by Gasteiger charge is 2.29. The molecule has 1 aliphatic rings. The number of carbonyl (C=O) groups is 2. The first-order valence-corrected chi connectivity index (χ1v) is 7.08. The molecule has 0 atom stereocenters. The van der Waals surface area contributed by atoms with Crippen molar-refractivity contribution in [2.24, 2.45) is 0 Å². The fraction of sp³-hybridized carbons (Fsp3) is 0.500. The minimum absolute atomic E-state index is 0.168. The summed E-state index contributed by atoms with van der Waals surface area (Å²) in [6, 6.07) is 0. The van der Waals surface area contributed by atoms with E-state index < -0.39 is 11.6 Å². The number of methoxy groups -OCH3 is 1. The monoisotopic (exact) mass is 289 g/mol. The average Bonchev–Trinajstić information content (AvgIpc) is 3.08. The number of aromatic amines is 1. The van der Waals surface area contributed by atoms with Crippen LogP contribution < -0.4 is 0 Å². The van der Waals surface area contributed by atoms with E-state index >= 15 is 0 Å². The first-order chi connectivity index (χ1) is 10.0. The Labute approximate surface area is 123 Å². The topological polar surface area (TPSA) is 79.4 Å². The lowest BCUT2D eigenvalue weighted by molar-refractivity contribution is 0.0597. The number of aldehydes is 1. The van der Waals surface area contributed by atoms with Crippen molar-refractivity contribution in [2.75, 3.05) is 7.11 Å². The zero-order valence-electron chi connectivity index (χ0n) is 12.3. The van der Waals surface area contributed by atoms with Gasteiger partial charge in [-0.15, -0.1) is 0 Å². The number of carbonyl (C=O) groups excluding carboxylic acids is 2. The van der Waals surface area contributed by atoms with Gasteiger partial charge in [0.2, 0.25) is 0 Å². The van der Waals surface area contributed by atoms with Crippen LogP contribution in [0.25, 0.3) is 0 Å². The molecule has 0 amide bonds. The molecule has 0 aliphatic heterocycles. The third kappa shape index (κ3) is 3.01. The van der Waals surface area contributed by atoms with E-state index in [-0.39, 0.29) is 11.3 Å². The number of H-pyrrole nitrogens is 1. The highest BCUT2D eigenvalue weighted by atomic mass is 16.5. The molecule has 1 fully saturated rings. The van der Waals surface area contributed by atoms with Gasteiger partial charge in [0.25, 0.3) is 0 Å². The average molecular weight is 289 g/mol. The van der Waals surface area contributed by atoms with E-state index in [1.165, 1.54) is 7.11 Å². The first kappa shape index (κ1) is 15.3. The van der Waals surface area contributed by atoms with Crippen LogP contribution in [0.2, 0.25) is 0 Å². The molecule has 5 heteroatoms. The zero-order chi connectivity index (χ0) is 15.5. The fourth-order valence-corrected chi connectivity index (χ4v) is 2.71. The normalized spacial score (nSPS) is 16.1.